The zero-order chi connectivity index (χ0) is 20.1. The van der Waals surface area contributed by atoms with Crippen molar-refractivity contribution in [2.75, 3.05) is 11.9 Å². The van der Waals surface area contributed by atoms with Crippen molar-refractivity contribution in [1.82, 2.24) is 10.2 Å². The Labute approximate surface area is 168 Å². The van der Waals surface area contributed by atoms with E-state index in [2.05, 4.69) is 5.32 Å². The molecule has 0 spiro atoms. The van der Waals surface area contributed by atoms with Gasteiger partial charge in [-0.05, 0) is 36.8 Å². The van der Waals surface area contributed by atoms with Crippen molar-refractivity contribution < 1.29 is 14.4 Å². The smallest absolute Gasteiger partial charge is 0.267 e. The molecule has 6 nitrogen and oxygen atoms in total. The van der Waals surface area contributed by atoms with Crippen molar-refractivity contribution in [2.45, 2.75) is 31.5 Å². The van der Waals surface area contributed by atoms with E-state index < -0.39 is 5.66 Å². The molecule has 4 rings (SSSR count). The van der Waals surface area contributed by atoms with Crippen LogP contribution < -0.4 is 10.2 Å². The number of para-hydroxylation sites is 1. The number of carbonyl (C=O) groups is 3. The SMILES string of the molecule is CC(NC(=O)C12CCC(=O)N1c1ccccc1C(=O)N2C)c1ccc(Cl)cc1. The van der Waals surface area contributed by atoms with Crippen molar-refractivity contribution in [3.63, 3.8) is 0 Å². The summed E-state index contributed by atoms with van der Waals surface area (Å²) in [5.74, 6) is -0.803. The number of benzene rings is 2. The van der Waals surface area contributed by atoms with Crippen LogP contribution in [0, 0.1) is 0 Å². The molecule has 2 unspecified atom stereocenters. The number of anilines is 1. The summed E-state index contributed by atoms with van der Waals surface area (Å²) in [6, 6.07) is 13.8. The van der Waals surface area contributed by atoms with Gasteiger partial charge in [-0.1, -0.05) is 35.9 Å². The van der Waals surface area contributed by atoms with E-state index in [4.69, 9.17) is 11.6 Å². The average molecular weight is 398 g/mol. The van der Waals surface area contributed by atoms with Gasteiger partial charge in [0.05, 0.1) is 17.3 Å². The zero-order valence-electron chi connectivity index (χ0n) is 15.6. The predicted octanol–water partition coefficient (Wildman–Crippen LogP) is 3.13. The van der Waals surface area contributed by atoms with Crippen LogP contribution >= 0.6 is 11.6 Å². The number of carbonyl (C=O) groups excluding carboxylic acids is 3. The predicted molar refractivity (Wildman–Crippen MR) is 106 cm³/mol. The fraction of sp³-hybridized carbons (Fsp3) is 0.286. The molecular formula is C21H20ClN3O3. The number of halogens is 1. The molecule has 1 saturated heterocycles. The van der Waals surface area contributed by atoms with Crippen molar-refractivity contribution in [2.24, 2.45) is 0 Å². The second-order valence-electron chi connectivity index (χ2n) is 7.17. The third-order valence-corrected chi connectivity index (χ3v) is 5.87. The largest absolute Gasteiger partial charge is 0.346 e. The number of amides is 3. The van der Waals surface area contributed by atoms with Gasteiger partial charge in [0, 0.05) is 24.9 Å². The monoisotopic (exact) mass is 397 g/mol. The molecule has 0 bridgehead atoms. The fourth-order valence-corrected chi connectivity index (χ4v) is 4.20. The summed E-state index contributed by atoms with van der Waals surface area (Å²) < 4.78 is 0. The Morgan fingerprint density at radius 2 is 1.82 bits per heavy atom. The Bertz CT molecular complexity index is 975. The van der Waals surface area contributed by atoms with Crippen LogP contribution in [0.4, 0.5) is 5.69 Å². The topological polar surface area (TPSA) is 69.7 Å². The summed E-state index contributed by atoms with van der Waals surface area (Å²) in [4.78, 5) is 42.0. The molecule has 144 valence electrons. The fourth-order valence-electron chi connectivity index (χ4n) is 4.08. The van der Waals surface area contributed by atoms with Gasteiger partial charge < -0.3 is 10.2 Å². The summed E-state index contributed by atoms with van der Waals surface area (Å²) >= 11 is 5.94. The Morgan fingerprint density at radius 3 is 2.54 bits per heavy atom. The molecule has 2 aromatic rings. The summed E-state index contributed by atoms with van der Waals surface area (Å²) in [5.41, 5.74) is 0.440. The zero-order valence-corrected chi connectivity index (χ0v) is 16.4. The van der Waals surface area contributed by atoms with Crippen LogP contribution in [0.2, 0.25) is 5.02 Å². The van der Waals surface area contributed by atoms with Gasteiger partial charge in [-0.3, -0.25) is 19.3 Å². The van der Waals surface area contributed by atoms with Gasteiger partial charge in [-0.2, -0.15) is 0 Å². The van der Waals surface area contributed by atoms with E-state index in [9.17, 15) is 14.4 Å². The van der Waals surface area contributed by atoms with E-state index in [0.717, 1.165) is 5.56 Å². The molecule has 3 amide bonds. The summed E-state index contributed by atoms with van der Waals surface area (Å²) in [5, 5.41) is 3.59. The molecule has 0 radical (unpaired) electrons. The third kappa shape index (κ3) is 2.59. The van der Waals surface area contributed by atoms with E-state index in [1.54, 1.807) is 43.4 Å². The van der Waals surface area contributed by atoms with Gasteiger partial charge in [-0.25, -0.2) is 0 Å². The Morgan fingerprint density at radius 1 is 1.14 bits per heavy atom. The van der Waals surface area contributed by atoms with Crippen molar-refractivity contribution in [3.8, 4) is 0 Å². The van der Waals surface area contributed by atoms with Gasteiger partial charge in [0.25, 0.3) is 11.8 Å². The first-order valence-corrected chi connectivity index (χ1v) is 9.51. The number of rotatable bonds is 3. The van der Waals surface area contributed by atoms with Gasteiger partial charge in [0.2, 0.25) is 11.6 Å². The standard InChI is InChI=1S/C21H20ClN3O3/c1-13(14-7-9-15(22)10-8-14)23-20(28)21-12-11-18(26)25(21)17-6-4-3-5-16(17)19(27)24(21)2/h3-10,13H,11-12H2,1-2H3,(H,23,28). The number of likely N-dealkylation sites (N-methyl/N-ethyl adjacent to an activating group) is 1. The molecule has 2 aromatic carbocycles. The molecule has 0 aromatic heterocycles. The van der Waals surface area contributed by atoms with Crippen LogP contribution in [0.15, 0.2) is 48.5 Å². The van der Waals surface area contributed by atoms with Crippen molar-refractivity contribution in [1.29, 1.82) is 0 Å². The summed E-state index contributed by atoms with van der Waals surface area (Å²) in [7, 11) is 1.58. The first-order valence-electron chi connectivity index (χ1n) is 9.13. The maximum absolute atomic E-state index is 13.4. The van der Waals surface area contributed by atoms with E-state index in [1.165, 1.54) is 9.80 Å². The number of nitrogens with one attached hydrogen (secondary N) is 1. The molecule has 0 saturated carbocycles. The highest BCUT2D eigenvalue weighted by Crippen LogP contribution is 2.44. The lowest BCUT2D eigenvalue weighted by Crippen LogP contribution is -2.69. The number of fused-ring (bicyclic) bond motifs is 3. The number of hydrogen-bond acceptors (Lipinski definition) is 3. The summed E-state index contributed by atoms with van der Waals surface area (Å²) in [6.45, 7) is 1.86. The molecule has 1 fully saturated rings. The Kier molecular flexibility index (Phi) is 4.38. The molecule has 2 heterocycles. The Balaban J connectivity index is 1.72. The number of hydrogen-bond donors (Lipinski definition) is 1. The van der Waals surface area contributed by atoms with Crippen LogP contribution in [0.1, 0.15) is 41.7 Å². The maximum atomic E-state index is 13.4. The molecule has 1 N–H and O–H groups in total. The van der Waals surface area contributed by atoms with Crippen LogP contribution in [0.25, 0.3) is 0 Å². The van der Waals surface area contributed by atoms with Crippen LogP contribution in [0.3, 0.4) is 0 Å². The molecule has 2 atom stereocenters. The van der Waals surface area contributed by atoms with E-state index in [-0.39, 0.29) is 36.6 Å². The molecule has 28 heavy (non-hydrogen) atoms. The summed E-state index contributed by atoms with van der Waals surface area (Å²) in [6.07, 6.45) is 0.455. The quantitative estimate of drug-likeness (QED) is 0.865. The minimum atomic E-state index is -1.36. The van der Waals surface area contributed by atoms with Crippen LogP contribution in [-0.4, -0.2) is 35.3 Å². The number of nitrogens with zero attached hydrogens (tertiary/aromatic N) is 2. The molecular weight excluding hydrogens is 378 g/mol. The van der Waals surface area contributed by atoms with Gasteiger partial charge in [-0.15, -0.1) is 0 Å². The molecule has 2 aliphatic heterocycles. The second kappa shape index (κ2) is 6.63. The van der Waals surface area contributed by atoms with Crippen LogP contribution in [0.5, 0.6) is 0 Å². The lowest BCUT2D eigenvalue weighted by atomic mass is 9.95. The van der Waals surface area contributed by atoms with E-state index in [0.29, 0.717) is 16.3 Å². The highest BCUT2D eigenvalue weighted by molar-refractivity contribution is 6.30. The first kappa shape index (κ1) is 18.5. The van der Waals surface area contributed by atoms with Gasteiger partial charge in [0.15, 0.2) is 0 Å². The van der Waals surface area contributed by atoms with Crippen molar-refractivity contribution >= 4 is 35.0 Å². The lowest BCUT2D eigenvalue weighted by Gasteiger charge is -2.47. The minimum Gasteiger partial charge on any atom is -0.346 e. The van der Waals surface area contributed by atoms with E-state index >= 15 is 0 Å². The molecule has 0 aliphatic carbocycles. The van der Waals surface area contributed by atoms with Gasteiger partial charge >= 0.3 is 0 Å². The highest BCUT2D eigenvalue weighted by atomic mass is 35.5. The minimum absolute atomic E-state index is 0.166. The average Bonchev–Trinajstić information content (AvgIpc) is 3.05. The van der Waals surface area contributed by atoms with E-state index in [1.807, 2.05) is 19.1 Å². The molecule has 7 heteroatoms. The maximum Gasteiger partial charge on any atom is 0.267 e. The third-order valence-electron chi connectivity index (χ3n) is 5.62. The van der Waals surface area contributed by atoms with Gasteiger partial charge in [0.1, 0.15) is 0 Å². The second-order valence-corrected chi connectivity index (χ2v) is 7.61. The highest BCUT2D eigenvalue weighted by Gasteiger charge is 2.59. The lowest BCUT2D eigenvalue weighted by molar-refractivity contribution is -0.133. The normalized spacial score (nSPS) is 22.0. The van der Waals surface area contributed by atoms with Crippen molar-refractivity contribution in [3.05, 3.63) is 64.7 Å². The molecule has 2 aliphatic rings. The first-order chi connectivity index (χ1) is 13.4. The Hall–Kier alpha value is -2.86. The van der Waals surface area contributed by atoms with Crippen LogP contribution in [-0.2, 0) is 9.59 Å².